The van der Waals surface area contributed by atoms with Gasteiger partial charge in [0.25, 0.3) is 0 Å². The van der Waals surface area contributed by atoms with Crippen molar-refractivity contribution in [3.63, 3.8) is 0 Å². The number of fused-ring (bicyclic) bond motifs is 1. The number of nitrogens with two attached hydrogens (primary N) is 1. The number of carbonyl (C=O) groups excluding carboxylic acids is 1. The summed E-state index contributed by atoms with van der Waals surface area (Å²) >= 11 is 0. The van der Waals surface area contributed by atoms with Gasteiger partial charge in [-0.15, -0.1) is 0 Å². The molecule has 1 aliphatic carbocycles. The molecular weight excluding hydrogens is 404 g/mol. The number of hydrogen-bond acceptors (Lipinski definition) is 6. The van der Waals surface area contributed by atoms with Crippen LogP contribution in [-0.2, 0) is 10.3 Å². The number of aromatic nitrogens is 2. The lowest BCUT2D eigenvalue weighted by molar-refractivity contribution is -0.114. The van der Waals surface area contributed by atoms with Crippen molar-refractivity contribution in [3.05, 3.63) is 60.2 Å². The van der Waals surface area contributed by atoms with E-state index in [9.17, 15) is 4.79 Å². The zero-order valence-corrected chi connectivity index (χ0v) is 18.0. The number of carbonyl (C=O) groups is 1. The Balaban J connectivity index is 1.71. The molecule has 0 unspecified atom stereocenters. The van der Waals surface area contributed by atoms with Gasteiger partial charge in [-0.3, -0.25) is 10.1 Å². The van der Waals surface area contributed by atoms with E-state index >= 15 is 0 Å². The molecule has 1 fully saturated rings. The summed E-state index contributed by atoms with van der Waals surface area (Å²) in [5, 5.41) is 3.26. The topological polar surface area (TPSA) is 103 Å². The molecule has 0 radical (unpaired) electrons. The highest BCUT2D eigenvalue weighted by atomic mass is 16.5. The van der Waals surface area contributed by atoms with Crippen LogP contribution in [0.1, 0.15) is 31.7 Å². The first-order chi connectivity index (χ1) is 15.5. The number of hydrogen-bond donors (Lipinski definition) is 2. The smallest absolute Gasteiger partial charge is 0.236 e. The minimum Gasteiger partial charge on any atom is -0.480 e. The van der Waals surface area contributed by atoms with Crippen molar-refractivity contribution in [1.29, 1.82) is 0 Å². The molecule has 0 aliphatic heterocycles. The third-order valence-corrected chi connectivity index (χ3v) is 6.03. The Kier molecular flexibility index (Phi) is 4.90. The van der Waals surface area contributed by atoms with Gasteiger partial charge in [-0.1, -0.05) is 54.6 Å². The molecular formula is C25H24N4O3. The van der Waals surface area contributed by atoms with Crippen molar-refractivity contribution in [2.75, 3.05) is 12.4 Å². The van der Waals surface area contributed by atoms with Gasteiger partial charge in [0.05, 0.1) is 7.11 Å². The van der Waals surface area contributed by atoms with Crippen LogP contribution in [-0.4, -0.2) is 23.0 Å². The average molecular weight is 428 g/mol. The monoisotopic (exact) mass is 428 g/mol. The lowest BCUT2D eigenvalue weighted by Crippen LogP contribution is -2.43. The van der Waals surface area contributed by atoms with E-state index in [0.717, 1.165) is 41.5 Å². The van der Waals surface area contributed by atoms with Crippen LogP contribution < -0.4 is 15.8 Å². The molecule has 0 bridgehead atoms. The van der Waals surface area contributed by atoms with Crippen LogP contribution in [0.2, 0.25) is 0 Å². The Morgan fingerprint density at radius 3 is 2.38 bits per heavy atom. The summed E-state index contributed by atoms with van der Waals surface area (Å²) in [6, 6.07) is 18.1. The van der Waals surface area contributed by atoms with Crippen LogP contribution in [0.3, 0.4) is 0 Å². The molecule has 4 aromatic rings. The van der Waals surface area contributed by atoms with E-state index in [1.807, 2.05) is 42.5 Å². The van der Waals surface area contributed by atoms with Gasteiger partial charge in [-0.2, -0.15) is 9.97 Å². The number of anilines is 1. The number of methoxy groups -OCH3 is 1. The lowest BCUT2D eigenvalue weighted by atomic mass is 9.72. The summed E-state index contributed by atoms with van der Waals surface area (Å²) in [7, 11) is 1.54. The van der Waals surface area contributed by atoms with Gasteiger partial charge in [0.2, 0.25) is 23.4 Å². The Morgan fingerprint density at radius 2 is 1.78 bits per heavy atom. The van der Waals surface area contributed by atoms with Crippen LogP contribution in [0.5, 0.6) is 5.88 Å². The molecule has 2 heterocycles. The largest absolute Gasteiger partial charge is 0.480 e. The molecule has 7 nitrogen and oxygen atoms in total. The summed E-state index contributed by atoms with van der Waals surface area (Å²) in [5.41, 5.74) is 10.4. The minimum absolute atomic E-state index is 0.132. The fourth-order valence-electron chi connectivity index (χ4n) is 4.21. The molecule has 2 aromatic carbocycles. The van der Waals surface area contributed by atoms with Crippen LogP contribution >= 0.6 is 0 Å². The van der Waals surface area contributed by atoms with Gasteiger partial charge in [0, 0.05) is 23.6 Å². The van der Waals surface area contributed by atoms with E-state index in [-0.39, 0.29) is 17.4 Å². The summed E-state index contributed by atoms with van der Waals surface area (Å²) in [6.07, 6.45) is 3.17. The quantitative estimate of drug-likeness (QED) is 0.470. The van der Waals surface area contributed by atoms with Crippen molar-refractivity contribution >= 4 is 23.0 Å². The highest BCUT2D eigenvalue weighted by Crippen LogP contribution is 2.45. The van der Waals surface area contributed by atoms with Crippen molar-refractivity contribution in [3.8, 4) is 28.3 Å². The zero-order chi connectivity index (χ0) is 22.3. The number of furan rings is 1. The molecule has 5 rings (SSSR count). The SMILES string of the molecule is COc1nc(NC(C)=O)nc2oc(-c3ccc(C4(N)CCC4)cc3)c(-c3ccccc3)c12. The van der Waals surface area contributed by atoms with Crippen molar-refractivity contribution in [1.82, 2.24) is 9.97 Å². The Morgan fingerprint density at radius 1 is 1.06 bits per heavy atom. The minimum atomic E-state index is -0.274. The second-order valence-corrected chi connectivity index (χ2v) is 8.18. The average Bonchev–Trinajstić information content (AvgIpc) is 3.16. The van der Waals surface area contributed by atoms with Crippen LogP contribution in [0.4, 0.5) is 5.95 Å². The van der Waals surface area contributed by atoms with Gasteiger partial charge in [-0.05, 0) is 30.4 Å². The normalized spacial score (nSPS) is 14.7. The van der Waals surface area contributed by atoms with E-state index in [2.05, 4.69) is 27.4 Å². The molecule has 7 heteroatoms. The molecule has 0 saturated heterocycles. The standard InChI is InChI=1S/C25H24N4O3/c1-15(30)27-24-28-22(31-2)20-19(16-7-4-3-5-8-16)21(32-23(20)29-24)17-9-11-18(12-10-17)25(26)13-6-14-25/h3-5,7-12H,6,13-14,26H2,1-2H3,(H,27,28,29,30). The van der Waals surface area contributed by atoms with Crippen LogP contribution in [0.25, 0.3) is 33.6 Å². The van der Waals surface area contributed by atoms with E-state index in [1.165, 1.54) is 14.0 Å². The number of nitrogens with one attached hydrogen (secondary N) is 1. The van der Waals surface area contributed by atoms with E-state index in [4.69, 9.17) is 14.9 Å². The molecule has 2 aromatic heterocycles. The second-order valence-electron chi connectivity index (χ2n) is 8.18. The molecule has 3 N–H and O–H groups in total. The predicted molar refractivity (Wildman–Crippen MR) is 123 cm³/mol. The first-order valence-electron chi connectivity index (χ1n) is 10.6. The second kappa shape index (κ2) is 7.76. The van der Waals surface area contributed by atoms with Crippen LogP contribution in [0, 0.1) is 0 Å². The Labute approximate surface area is 185 Å². The maximum absolute atomic E-state index is 11.5. The van der Waals surface area contributed by atoms with E-state index < -0.39 is 0 Å². The predicted octanol–water partition coefficient (Wildman–Crippen LogP) is 4.86. The fraction of sp³-hybridized carbons (Fsp3) is 0.240. The number of amides is 1. The molecule has 1 aliphatic rings. The van der Waals surface area contributed by atoms with Crippen LogP contribution in [0.15, 0.2) is 59.0 Å². The van der Waals surface area contributed by atoms with E-state index in [1.54, 1.807) is 0 Å². The van der Waals surface area contributed by atoms with Crippen molar-refractivity contribution < 1.29 is 13.9 Å². The number of benzene rings is 2. The summed E-state index contributed by atoms with van der Waals surface area (Å²) in [5.74, 6) is 0.848. The van der Waals surface area contributed by atoms with Gasteiger partial charge >= 0.3 is 0 Å². The zero-order valence-electron chi connectivity index (χ0n) is 18.0. The Bertz CT molecular complexity index is 1290. The first-order valence-corrected chi connectivity index (χ1v) is 10.6. The lowest BCUT2D eigenvalue weighted by Gasteiger charge is -2.38. The number of rotatable bonds is 5. The van der Waals surface area contributed by atoms with Gasteiger partial charge in [0.15, 0.2) is 0 Å². The fourth-order valence-corrected chi connectivity index (χ4v) is 4.21. The Hall–Kier alpha value is -3.71. The molecule has 32 heavy (non-hydrogen) atoms. The van der Waals surface area contributed by atoms with Gasteiger partial charge < -0.3 is 14.9 Å². The first kappa shape index (κ1) is 20.2. The molecule has 162 valence electrons. The summed E-state index contributed by atoms with van der Waals surface area (Å²) in [6.45, 7) is 1.40. The summed E-state index contributed by atoms with van der Waals surface area (Å²) in [4.78, 5) is 20.3. The highest BCUT2D eigenvalue weighted by molar-refractivity contribution is 6.03. The van der Waals surface area contributed by atoms with Gasteiger partial charge in [0.1, 0.15) is 11.1 Å². The maximum Gasteiger partial charge on any atom is 0.236 e. The summed E-state index contributed by atoms with van der Waals surface area (Å²) < 4.78 is 11.8. The molecule has 1 amide bonds. The van der Waals surface area contributed by atoms with Crippen molar-refractivity contribution in [2.24, 2.45) is 5.73 Å². The number of nitrogens with zero attached hydrogens (tertiary/aromatic N) is 2. The third-order valence-electron chi connectivity index (χ3n) is 6.03. The number of ether oxygens (including phenoxy) is 1. The van der Waals surface area contributed by atoms with E-state index in [0.29, 0.717) is 22.7 Å². The highest BCUT2D eigenvalue weighted by Gasteiger charge is 2.34. The maximum atomic E-state index is 11.5. The molecule has 0 spiro atoms. The van der Waals surface area contributed by atoms with Crippen molar-refractivity contribution in [2.45, 2.75) is 31.7 Å². The molecule has 1 saturated carbocycles. The third kappa shape index (κ3) is 3.40. The molecule has 0 atom stereocenters. The van der Waals surface area contributed by atoms with Gasteiger partial charge in [-0.25, -0.2) is 0 Å².